The van der Waals surface area contributed by atoms with Crippen LogP contribution in [0.4, 0.5) is 14.9 Å². The lowest BCUT2D eigenvalue weighted by Gasteiger charge is -2.16. The van der Waals surface area contributed by atoms with E-state index in [0.717, 1.165) is 6.07 Å². The van der Waals surface area contributed by atoms with Gasteiger partial charge in [-0.05, 0) is 18.6 Å². The van der Waals surface area contributed by atoms with Crippen LogP contribution in [-0.4, -0.2) is 23.1 Å². The number of benzene rings is 1. The van der Waals surface area contributed by atoms with Crippen molar-refractivity contribution in [3.63, 3.8) is 0 Å². The molecule has 0 aliphatic carbocycles. The first-order valence-electron chi connectivity index (χ1n) is 6.02. The standard InChI is InChI=1S/C14H15FN2O3/c1-3-6-9(4-2)16-14(20)17-12-10(13(18)19)7-5-8-11(12)15/h1,5,7-9H,4,6H2,2H3,(H,18,19)(H2,16,17,20). The molecule has 6 heteroatoms. The Balaban J connectivity index is 2.86. The lowest BCUT2D eigenvalue weighted by atomic mass is 10.1. The van der Waals surface area contributed by atoms with Crippen LogP contribution in [0.1, 0.15) is 30.1 Å². The molecule has 1 aromatic carbocycles. The molecule has 0 aliphatic rings. The number of urea groups is 1. The summed E-state index contributed by atoms with van der Waals surface area (Å²) in [5, 5.41) is 13.7. The second-order valence-corrected chi connectivity index (χ2v) is 4.08. The summed E-state index contributed by atoms with van der Waals surface area (Å²) in [5.41, 5.74) is -0.682. The fraction of sp³-hybridized carbons (Fsp3) is 0.286. The van der Waals surface area contributed by atoms with Crippen molar-refractivity contribution in [2.75, 3.05) is 5.32 Å². The Kier molecular flexibility index (Phi) is 5.54. The van der Waals surface area contributed by atoms with Gasteiger partial charge in [-0.2, -0.15) is 0 Å². The van der Waals surface area contributed by atoms with E-state index >= 15 is 0 Å². The van der Waals surface area contributed by atoms with Crippen LogP contribution < -0.4 is 10.6 Å². The van der Waals surface area contributed by atoms with Gasteiger partial charge in [0.15, 0.2) is 0 Å². The Labute approximate surface area is 116 Å². The second kappa shape index (κ2) is 7.14. The zero-order chi connectivity index (χ0) is 15.1. The Morgan fingerprint density at radius 3 is 2.75 bits per heavy atom. The highest BCUT2D eigenvalue weighted by atomic mass is 19.1. The Morgan fingerprint density at radius 2 is 2.20 bits per heavy atom. The first-order valence-corrected chi connectivity index (χ1v) is 6.02. The lowest BCUT2D eigenvalue weighted by Crippen LogP contribution is -2.37. The first-order chi connectivity index (χ1) is 9.49. The minimum Gasteiger partial charge on any atom is -0.478 e. The molecule has 1 atom stereocenters. The zero-order valence-electron chi connectivity index (χ0n) is 10.9. The van der Waals surface area contributed by atoms with Gasteiger partial charge >= 0.3 is 12.0 Å². The van der Waals surface area contributed by atoms with Crippen molar-refractivity contribution in [3.05, 3.63) is 29.6 Å². The Bertz CT molecular complexity index is 552. The van der Waals surface area contributed by atoms with Gasteiger partial charge in [-0.3, -0.25) is 0 Å². The SMILES string of the molecule is C#CCC(CC)NC(=O)Nc1c(F)cccc1C(=O)O. The number of carboxylic acids is 1. The Hall–Kier alpha value is -2.55. The molecule has 3 N–H and O–H groups in total. The number of hydrogen-bond acceptors (Lipinski definition) is 2. The van der Waals surface area contributed by atoms with Crippen molar-refractivity contribution >= 4 is 17.7 Å². The van der Waals surface area contributed by atoms with Crippen molar-refractivity contribution < 1.29 is 19.1 Å². The van der Waals surface area contributed by atoms with Crippen LogP contribution in [0.25, 0.3) is 0 Å². The number of amides is 2. The molecule has 0 saturated heterocycles. The predicted octanol–water partition coefficient (Wildman–Crippen LogP) is 2.45. The summed E-state index contributed by atoms with van der Waals surface area (Å²) in [6, 6.07) is 2.59. The van der Waals surface area contributed by atoms with Crippen LogP contribution in [0.3, 0.4) is 0 Å². The van der Waals surface area contributed by atoms with E-state index in [9.17, 15) is 14.0 Å². The van der Waals surface area contributed by atoms with Crippen LogP contribution in [0.5, 0.6) is 0 Å². The molecule has 0 saturated carbocycles. The summed E-state index contributed by atoms with van der Waals surface area (Å²) in [4.78, 5) is 22.7. The molecule has 0 aromatic heterocycles. The van der Waals surface area contributed by atoms with Gasteiger partial charge in [0.25, 0.3) is 0 Å². The van der Waals surface area contributed by atoms with Crippen LogP contribution in [-0.2, 0) is 0 Å². The van der Waals surface area contributed by atoms with Gasteiger partial charge in [-0.15, -0.1) is 12.3 Å². The van der Waals surface area contributed by atoms with Gasteiger partial charge in [-0.1, -0.05) is 13.0 Å². The molecule has 0 radical (unpaired) electrons. The van der Waals surface area contributed by atoms with Gasteiger partial charge in [0.1, 0.15) is 5.82 Å². The maximum absolute atomic E-state index is 13.6. The normalized spacial score (nSPS) is 11.2. The number of carbonyl (C=O) groups is 2. The average molecular weight is 278 g/mol. The molecule has 0 heterocycles. The highest BCUT2D eigenvalue weighted by Gasteiger charge is 2.17. The van der Waals surface area contributed by atoms with Gasteiger partial charge in [0.2, 0.25) is 0 Å². The fourth-order valence-electron chi connectivity index (χ4n) is 1.60. The van der Waals surface area contributed by atoms with Crippen molar-refractivity contribution in [2.45, 2.75) is 25.8 Å². The summed E-state index contributed by atoms with van der Waals surface area (Å²) in [6.07, 6.45) is 6.11. The number of carboxylic acid groups (broad SMARTS) is 1. The number of carbonyl (C=O) groups excluding carboxylic acids is 1. The number of para-hydroxylation sites is 1. The monoisotopic (exact) mass is 278 g/mol. The summed E-state index contributed by atoms with van der Waals surface area (Å²) >= 11 is 0. The highest BCUT2D eigenvalue weighted by molar-refractivity contribution is 6.00. The predicted molar refractivity (Wildman–Crippen MR) is 73.0 cm³/mol. The van der Waals surface area contributed by atoms with Crippen molar-refractivity contribution in [1.29, 1.82) is 0 Å². The topological polar surface area (TPSA) is 78.4 Å². The molecule has 1 unspecified atom stereocenters. The first kappa shape index (κ1) is 15.5. The van der Waals surface area contributed by atoms with E-state index in [4.69, 9.17) is 11.5 Å². The lowest BCUT2D eigenvalue weighted by molar-refractivity contribution is 0.0697. The fourth-order valence-corrected chi connectivity index (χ4v) is 1.60. The van der Waals surface area contributed by atoms with E-state index in [1.165, 1.54) is 12.1 Å². The van der Waals surface area contributed by atoms with Crippen molar-refractivity contribution in [1.82, 2.24) is 5.32 Å². The quantitative estimate of drug-likeness (QED) is 0.724. The molecule has 2 amide bonds. The molecule has 0 fully saturated rings. The number of terminal acetylenes is 1. The number of halogens is 1. The summed E-state index contributed by atoms with van der Waals surface area (Å²) in [7, 11) is 0. The molecule has 106 valence electrons. The maximum atomic E-state index is 13.6. The number of aromatic carboxylic acids is 1. The van der Waals surface area contributed by atoms with Gasteiger partial charge in [0.05, 0.1) is 11.3 Å². The van der Waals surface area contributed by atoms with E-state index in [0.29, 0.717) is 12.8 Å². The molecule has 0 spiro atoms. The Morgan fingerprint density at radius 1 is 1.50 bits per heavy atom. The minimum atomic E-state index is -1.32. The molecular weight excluding hydrogens is 263 g/mol. The van der Waals surface area contributed by atoms with Crippen molar-refractivity contribution in [2.24, 2.45) is 0 Å². The smallest absolute Gasteiger partial charge is 0.337 e. The molecule has 1 rings (SSSR count). The molecule has 0 aliphatic heterocycles. The second-order valence-electron chi connectivity index (χ2n) is 4.08. The largest absolute Gasteiger partial charge is 0.478 e. The van der Waals surface area contributed by atoms with Crippen LogP contribution in [0.15, 0.2) is 18.2 Å². The molecule has 20 heavy (non-hydrogen) atoms. The molecule has 5 nitrogen and oxygen atoms in total. The third-order valence-electron chi connectivity index (χ3n) is 2.67. The van der Waals surface area contributed by atoms with Gasteiger partial charge in [-0.25, -0.2) is 14.0 Å². The van der Waals surface area contributed by atoms with Crippen LogP contribution in [0, 0.1) is 18.2 Å². The van der Waals surface area contributed by atoms with E-state index in [-0.39, 0.29) is 17.3 Å². The van der Waals surface area contributed by atoms with E-state index in [1.54, 1.807) is 0 Å². The highest BCUT2D eigenvalue weighted by Crippen LogP contribution is 2.19. The zero-order valence-corrected chi connectivity index (χ0v) is 10.9. The van der Waals surface area contributed by atoms with Gasteiger partial charge < -0.3 is 15.7 Å². The maximum Gasteiger partial charge on any atom is 0.337 e. The van der Waals surface area contributed by atoms with Crippen LogP contribution >= 0.6 is 0 Å². The number of nitrogens with one attached hydrogen (secondary N) is 2. The number of hydrogen-bond donors (Lipinski definition) is 3. The van der Waals surface area contributed by atoms with Crippen LogP contribution in [0.2, 0.25) is 0 Å². The van der Waals surface area contributed by atoms with Crippen molar-refractivity contribution in [3.8, 4) is 12.3 Å². The van der Waals surface area contributed by atoms with E-state index < -0.39 is 17.8 Å². The third kappa shape index (κ3) is 3.99. The minimum absolute atomic E-state index is 0.250. The summed E-state index contributed by atoms with van der Waals surface area (Å²) in [6.45, 7) is 1.84. The number of anilines is 1. The molecular formula is C14H15FN2O3. The average Bonchev–Trinajstić information content (AvgIpc) is 2.40. The van der Waals surface area contributed by atoms with Gasteiger partial charge in [0, 0.05) is 12.5 Å². The van der Waals surface area contributed by atoms with E-state index in [2.05, 4.69) is 16.6 Å². The third-order valence-corrected chi connectivity index (χ3v) is 2.67. The summed E-state index contributed by atoms with van der Waals surface area (Å²) < 4.78 is 13.6. The number of rotatable bonds is 5. The van der Waals surface area contributed by atoms with E-state index in [1.807, 2.05) is 6.92 Å². The molecule has 0 bridgehead atoms. The summed E-state index contributed by atoms with van der Waals surface area (Å²) in [5.74, 6) is 0.280. The molecule has 1 aromatic rings.